The molecule has 0 aliphatic carbocycles. The van der Waals surface area contributed by atoms with Gasteiger partial charge < -0.3 is 37.8 Å². The van der Waals surface area contributed by atoms with Gasteiger partial charge in [-0.25, -0.2) is 4.79 Å². The predicted molar refractivity (Wildman–Crippen MR) is 130 cm³/mol. The summed E-state index contributed by atoms with van der Waals surface area (Å²) in [4.78, 5) is 55.1. The number of hydrogen-bond donors (Lipinski definition) is 6. The Morgan fingerprint density at radius 1 is 1.17 bits per heavy atom. The van der Waals surface area contributed by atoms with E-state index in [9.17, 15) is 24.3 Å². The Morgan fingerprint density at radius 3 is 2.49 bits per heavy atom. The van der Waals surface area contributed by atoms with Gasteiger partial charge in [-0.15, -0.1) is 0 Å². The minimum atomic E-state index is -1.19. The third-order valence-corrected chi connectivity index (χ3v) is 5.76. The number of hydrogen-bond acceptors (Lipinski definition) is 6. The molecule has 192 valence electrons. The lowest BCUT2D eigenvalue weighted by Gasteiger charge is -2.28. The molecule has 4 unspecified atom stereocenters. The molecule has 1 aromatic carbocycles. The van der Waals surface area contributed by atoms with Crippen LogP contribution in [0.4, 0.5) is 0 Å². The maximum Gasteiger partial charge on any atom is 0.326 e. The van der Waals surface area contributed by atoms with Gasteiger partial charge in [0.25, 0.3) is 0 Å². The first-order chi connectivity index (χ1) is 16.6. The molecule has 1 aliphatic heterocycles. The second-order valence-corrected chi connectivity index (χ2v) is 8.56. The summed E-state index contributed by atoms with van der Waals surface area (Å²) in [5.41, 5.74) is 17.4. The van der Waals surface area contributed by atoms with Gasteiger partial charge >= 0.3 is 5.97 Å². The van der Waals surface area contributed by atoms with Crippen molar-refractivity contribution in [3.8, 4) is 0 Å². The molecule has 12 heteroatoms. The third kappa shape index (κ3) is 8.56. The van der Waals surface area contributed by atoms with Crippen molar-refractivity contribution in [2.75, 3.05) is 13.1 Å². The quantitative estimate of drug-likeness (QED) is 0.118. The SMILES string of the molecule is CC(NC(=O)C(N)Cc1ccccc1)C(=O)N1CCCC1C(=O)NC(CCCN=C(N)N)C(=O)O. The molecule has 9 N–H and O–H groups in total. The number of nitrogens with two attached hydrogens (primary N) is 3. The number of guanidine groups is 1. The summed E-state index contributed by atoms with van der Waals surface area (Å²) in [6.45, 7) is 2.10. The first-order valence-electron chi connectivity index (χ1n) is 11.6. The van der Waals surface area contributed by atoms with E-state index in [1.165, 1.54) is 11.8 Å². The molecule has 4 atom stereocenters. The fourth-order valence-electron chi connectivity index (χ4n) is 3.92. The van der Waals surface area contributed by atoms with Gasteiger partial charge in [-0.1, -0.05) is 30.3 Å². The molecule has 0 aromatic heterocycles. The topological polar surface area (TPSA) is 206 Å². The molecule has 0 radical (unpaired) electrons. The second kappa shape index (κ2) is 13.3. The number of carboxylic acids is 1. The third-order valence-electron chi connectivity index (χ3n) is 5.76. The maximum atomic E-state index is 13.0. The molecular weight excluding hydrogens is 454 g/mol. The highest BCUT2D eigenvalue weighted by molar-refractivity contribution is 5.94. The van der Waals surface area contributed by atoms with Crippen LogP contribution in [0.5, 0.6) is 0 Å². The zero-order valence-corrected chi connectivity index (χ0v) is 19.9. The highest BCUT2D eigenvalue weighted by Crippen LogP contribution is 2.19. The van der Waals surface area contributed by atoms with Crippen molar-refractivity contribution in [2.24, 2.45) is 22.2 Å². The van der Waals surface area contributed by atoms with E-state index in [0.717, 1.165) is 5.56 Å². The first-order valence-corrected chi connectivity index (χ1v) is 11.6. The van der Waals surface area contributed by atoms with Gasteiger partial charge in [0.15, 0.2) is 5.96 Å². The second-order valence-electron chi connectivity index (χ2n) is 8.56. The number of carbonyl (C=O) groups is 4. The van der Waals surface area contributed by atoms with Crippen LogP contribution in [-0.4, -0.2) is 76.9 Å². The van der Waals surface area contributed by atoms with Crippen LogP contribution in [0, 0.1) is 0 Å². The Balaban J connectivity index is 1.92. The Kier molecular flexibility index (Phi) is 10.5. The van der Waals surface area contributed by atoms with Crippen molar-refractivity contribution >= 4 is 29.7 Å². The predicted octanol–water partition coefficient (Wildman–Crippen LogP) is -1.32. The van der Waals surface area contributed by atoms with Crippen LogP contribution < -0.4 is 27.8 Å². The number of rotatable bonds is 12. The summed E-state index contributed by atoms with van der Waals surface area (Å²) in [5, 5.41) is 14.6. The average Bonchev–Trinajstić information content (AvgIpc) is 3.30. The number of carboxylic acid groups (broad SMARTS) is 1. The molecule has 1 aromatic rings. The number of nitrogens with one attached hydrogen (secondary N) is 2. The summed E-state index contributed by atoms with van der Waals surface area (Å²) >= 11 is 0. The molecule has 1 aliphatic rings. The Labute approximate surface area is 204 Å². The lowest BCUT2D eigenvalue weighted by Crippen LogP contribution is -2.56. The van der Waals surface area contributed by atoms with Crippen molar-refractivity contribution in [3.05, 3.63) is 35.9 Å². The van der Waals surface area contributed by atoms with Crippen molar-refractivity contribution in [1.29, 1.82) is 0 Å². The number of aliphatic carboxylic acids is 1. The number of likely N-dealkylation sites (tertiary alicyclic amines) is 1. The standard InChI is InChI=1S/C23H35N7O5/c1-14(28-19(31)16(24)13-15-7-3-2-4-8-15)21(33)30-12-6-10-18(30)20(32)29-17(22(34)35)9-5-11-27-23(25)26/h2-4,7-8,14,16-18H,5-6,9-13,24H2,1H3,(H,28,31)(H,29,32)(H,34,35)(H4,25,26,27). The molecule has 2 rings (SSSR count). The summed E-state index contributed by atoms with van der Waals surface area (Å²) in [5.74, 6) is -2.73. The van der Waals surface area contributed by atoms with Gasteiger partial charge in [0.2, 0.25) is 17.7 Å². The average molecular weight is 490 g/mol. The Hall–Kier alpha value is -3.67. The lowest BCUT2D eigenvalue weighted by molar-refractivity contribution is -0.144. The zero-order valence-electron chi connectivity index (χ0n) is 19.9. The smallest absolute Gasteiger partial charge is 0.326 e. The summed E-state index contributed by atoms with van der Waals surface area (Å²) < 4.78 is 0. The van der Waals surface area contributed by atoms with E-state index >= 15 is 0 Å². The van der Waals surface area contributed by atoms with Crippen LogP contribution in [0.15, 0.2) is 35.3 Å². The largest absolute Gasteiger partial charge is 0.480 e. The van der Waals surface area contributed by atoms with Crippen LogP contribution in [0.25, 0.3) is 0 Å². The van der Waals surface area contributed by atoms with E-state index in [0.29, 0.717) is 32.2 Å². The summed E-state index contributed by atoms with van der Waals surface area (Å²) in [6.07, 6.45) is 1.79. The highest BCUT2D eigenvalue weighted by Gasteiger charge is 2.37. The van der Waals surface area contributed by atoms with Gasteiger partial charge in [-0.2, -0.15) is 0 Å². The normalized spacial score (nSPS) is 17.7. The number of benzene rings is 1. The van der Waals surface area contributed by atoms with Crippen molar-refractivity contribution in [1.82, 2.24) is 15.5 Å². The lowest BCUT2D eigenvalue weighted by atomic mass is 10.1. The van der Waals surface area contributed by atoms with Crippen molar-refractivity contribution < 1.29 is 24.3 Å². The Morgan fingerprint density at radius 2 is 1.86 bits per heavy atom. The minimum Gasteiger partial charge on any atom is -0.480 e. The van der Waals surface area contributed by atoms with Crippen molar-refractivity contribution in [2.45, 2.75) is 63.2 Å². The number of aliphatic imine (C=N–C) groups is 1. The van der Waals surface area contributed by atoms with Gasteiger partial charge in [0.1, 0.15) is 18.1 Å². The zero-order chi connectivity index (χ0) is 26.0. The molecule has 3 amide bonds. The summed E-state index contributed by atoms with van der Waals surface area (Å²) in [7, 11) is 0. The van der Waals surface area contributed by atoms with Gasteiger partial charge in [-0.05, 0) is 44.6 Å². The summed E-state index contributed by atoms with van der Waals surface area (Å²) in [6, 6.07) is 5.60. The van der Waals surface area contributed by atoms with Crippen molar-refractivity contribution in [3.63, 3.8) is 0 Å². The Bertz CT molecular complexity index is 920. The van der Waals surface area contributed by atoms with E-state index in [1.54, 1.807) is 0 Å². The van der Waals surface area contributed by atoms with E-state index in [1.807, 2.05) is 30.3 Å². The molecule has 0 spiro atoms. The maximum absolute atomic E-state index is 13.0. The van der Waals surface area contributed by atoms with Crippen LogP contribution in [-0.2, 0) is 25.6 Å². The van der Waals surface area contributed by atoms with Crippen LogP contribution in [0.3, 0.4) is 0 Å². The fraction of sp³-hybridized carbons (Fsp3) is 0.522. The fourth-order valence-corrected chi connectivity index (χ4v) is 3.92. The molecule has 0 saturated carbocycles. The molecule has 0 bridgehead atoms. The first kappa shape index (κ1) is 27.6. The molecule has 1 saturated heterocycles. The van der Waals surface area contributed by atoms with Crippen LogP contribution in [0.2, 0.25) is 0 Å². The molecule has 1 heterocycles. The number of carbonyl (C=O) groups excluding carboxylic acids is 3. The number of nitrogens with zero attached hydrogens (tertiary/aromatic N) is 2. The monoisotopic (exact) mass is 489 g/mol. The number of amides is 3. The van der Waals surface area contributed by atoms with E-state index in [2.05, 4.69) is 15.6 Å². The van der Waals surface area contributed by atoms with E-state index in [-0.39, 0.29) is 18.9 Å². The molecule has 12 nitrogen and oxygen atoms in total. The van der Waals surface area contributed by atoms with Gasteiger partial charge in [-0.3, -0.25) is 19.4 Å². The molecule has 35 heavy (non-hydrogen) atoms. The van der Waals surface area contributed by atoms with Crippen LogP contribution in [0.1, 0.15) is 38.2 Å². The van der Waals surface area contributed by atoms with Gasteiger partial charge in [0, 0.05) is 13.1 Å². The van der Waals surface area contributed by atoms with Gasteiger partial charge in [0.05, 0.1) is 6.04 Å². The molecular formula is C23H35N7O5. The van der Waals surface area contributed by atoms with Crippen LogP contribution >= 0.6 is 0 Å². The van der Waals surface area contributed by atoms with E-state index in [4.69, 9.17) is 17.2 Å². The molecule has 1 fully saturated rings. The highest BCUT2D eigenvalue weighted by atomic mass is 16.4. The minimum absolute atomic E-state index is 0.0942. The van der Waals surface area contributed by atoms with E-state index < -0.39 is 47.9 Å².